The van der Waals surface area contributed by atoms with Crippen molar-refractivity contribution in [3.63, 3.8) is 0 Å². The Labute approximate surface area is 114 Å². The maximum atomic E-state index is 12.5. The molecule has 0 aliphatic carbocycles. The van der Waals surface area contributed by atoms with Crippen LogP contribution in [0.1, 0.15) is 32.6 Å². The minimum Gasteiger partial charge on any atom is -0.497 e. The third-order valence-electron chi connectivity index (χ3n) is 3.42. The Morgan fingerprint density at radius 3 is 2.32 bits per heavy atom. The van der Waals surface area contributed by atoms with E-state index in [9.17, 15) is 4.79 Å². The van der Waals surface area contributed by atoms with Crippen molar-refractivity contribution in [1.29, 1.82) is 0 Å². The summed E-state index contributed by atoms with van der Waals surface area (Å²) in [4.78, 5) is 12.5. The van der Waals surface area contributed by atoms with Crippen LogP contribution in [0.3, 0.4) is 0 Å². The lowest BCUT2D eigenvalue weighted by atomic mass is 9.95. The molecule has 2 rings (SSSR count). The summed E-state index contributed by atoms with van der Waals surface area (Å²) in [5.74, 6) is 0.742. The number of carbonyl (C=O) groups excluding carboxylic acids is 1. The molecule has 0 atom stereocenters. The number of aryl methyl sites for hydroxylation is 3. The number of hydrogen-bond acceptors (Lipinski definition) is 2. The highest BCUT2D eigenvalue weighted by Gasteiger charge is 2.13. The highest BCUT2D eigenvalue weighted by atomic mass is 16.5. The minimum atomic E-state index is 0.0412. The van der Waals surface area contributed by atoms with Gasteiger partial charge in [0.1, 0.15) is 5.75 Å². The average Bonchev–Trinajstić information content (AvgIpc) is 2.42. The first-order valence-corrected chi connectivity index (χ1v) is 6.29. The molecule has 0 aliphatic heterocycles. The molecule has 0 bridgehead atoms. The smallest absolute Gasteiger partial charge is 0.193 e. The predicted molar refractivity (Wildman–Crippen MR) is 77.1 cm³/mol. The first-order chi connectivity index (χ1) is 9.02. The van der Waals surface area contributed by atoms with Crippen molar-refractivity contribution in [3.8, 4) is 5.75 Å². The van der Waals surface area contributed by atoms with Gasteiger partial charge in [-0.3, -0.25) is 4.79 Å². The standard InChI is InChI=1S/C17H18O2/c1-11-8-13(3)16(9-12(11)2)17(18)14-6-5-7-15(10-14)19-4/h5-10H,1-4H3. The van der Waals surface area contributed by atoms with Crippen LogP contribution in [0, 0.1) is 20.8 Å². The molecule has 0 fully saturated rings. The highest BCUT2D eigenvalue weighted by molar-refractivity contribution is 6.10. The van der Waals surface area contributed by atoms with E-state index in [1.807, 2.05) is 38.1 Å². The molecule has 98 valence electrons. The van der Waals surface area contributed by atoms with Crippen LogP contribution in [-0.2, 0) is 0 Å². The quantitative estimate of drug-likeness (QED) is 0.778. The molecule has 0 amide bonds. The van der Waals surface area contributed by atoms with Crippen molar-refractivity contribution < 1.29 is 9.53 Å². The zero-order chi connectivity index (χ0) is 14.0. The summed E-state index contributed by atoms with van der Waals surface area (Å²) in [5.41, 5.74) is 4.77. The van der Waals surface area contributed by atoms with Gasteiger partial charge in [-0.25, -0.2) is 0 Å². The van der Waals surface area contributed by atoms with Crippen molar-refractivity contribution >= 4 is 5.78 Å². The fraction of sp³-hybridized carbons (Fsp3) is 0.235. The molecule has 0 radical (unpaired) electrons. The van der Waals surface area contributed by atoms with E-state index >= 15 is 0 Å². The van der Waals surface area contributed by atoms with Crippen molar-refractivity contribution in [2.45, 2.75) is 20.8 Å². The number of carbonyl (C=O) groups is 1. The van der Waals surface area contributed by atoms with Gasteiger partial charge in [0.05, 0.1) is 7.11 Å². The molecular formula is C17H18O2. The van der Waals surface area contributed by atoms with Crippen molar-refractivity contribution in [1.82, 2.24) is 0 Å². The lowest BCUT2D eigenvalue weighted by Crippen LogP contribution is -2.05. The van der Waals surface area contributed by atoms with Crippen LogP contribution < -0.4 is 4.74 Å². The molecular weight excluding hydrogens is 236 g/mol. The lowest BCUT2D eigenvalue weighted by Gasteiger charge is -2.10. The molecule has 2 aromatic rings. The van der Waals surface area contributed by atoms with E-state index in [-0.39, 0.29) is 5.78 Å². The zero-order valence-corrected chi connectivity index (χ0v) is 11.8. The molecule has 2 heteroatoms. The molecule has 0 N–H and O–H groups in total. The Kier molecular flexibility index (Phi) is 3.70. The van der Waals surface area contributed by atoms with Gasteiger partial charge in [-0.1, -0.05) is 18.2 Å². The van der Waals surface area contributed by atoms with Gasteiger partial charge < -0.3 is 4.74 Å². The molecule has 0 aliphatic rings. The van der Waals surface area contributed by atoms with Crippen LogP contribution in [-0.4, -0.2) is 12.9 Å². The summed E-state index contributed by atoms with van der Waals surface area (Å²) < 4.78 is 5.16. The number of rotatable bonds is 3. The maximum absolute atomic E-state index is 12.5. The van der Waals surface area contributed by atoms with Crippen LogP contribution in [0.4, 0.5) is 0 Å². The summed E-state index contributed by atoms with van der Waals surface area (Å²) in [5, 5.41) is 0. The largest absolute Gasteiger partial charge is 0.497 e. The second kappa shape index (κ2) is 5.27. The highest BCUT2D eigenvalue weighted by Crippen LogP contribution is 2.21. The van der Waals surface area contributed by atoms with E-state index in [2.05, 4.69) is 13.0 Å². The topological polar surface area (TPSA) is 26.3 Å². The predicted octanol–water partition coefficient (Wildman–Crippen LogP) is 3.85. The van der Waals surface area contributed by atoms with Gasteiger partial charge in [-0.05, 0) is 55.7 Å². The minimum absolute atomic E-state index is 0.0412. The summed E-state index contributed by atoms with van der Waals surface area (Å²) in [6.45, 7) is 6.05. The first kappa shape index (κ1) is 13.3. The van der Waals surface area contributed by atoms with Crippen LogP contribution in [0.5, 0.6) is 5.75 Å². The molecule has 0 unspecified atom stereocenters. The first-order valence-electron chi connectivity index (χ1n) is 6.29. The number of ether oxygens (including phenoxy) is 1. The van der Waals surface area contributed by atoms with Crippen LogP contribution in [0.25, 0.3) is 0 Å². The van der Waals surface area contributed by atoms with E-state index in [1.165, 1.54) is 5.56 Å². The Hall–Kier alpha value is -2.09. The Morgan fingerprint density at radius 1 is 0.947 bits per heavy atom. The van der Waals surface area contributed by atoms with Gasteiger partial charge in [0.15, 0.2) is 5.78 Å². The van der Waals surface area contributed by atoms with Gasteiger partial charge in [-0.2, -0.15) is 0 Å². The summed E-state index contributed by atoms with van der Waals surface area (Å²) in [7, 11) is 1.60. The van der Waals surface area contributed by atoms with E-state index in [0.717, 1.165) is 16.7 Å². The molecule has 2 nitrogen and oxygen atoms in total. The van der Waals surface area contributed by atoms with Gasteiger partial charge >= 0.3 is 0 Å². The normalized spacial score (nSPS) is 10.3. The Morgan fingerprint density at radius 2 is 1.63 bits per heavy atom. The third kappa shape index (κ3) is 2.68. The number of hydrogen-bond donors (Lipinski definition) is 0. The van der Waals surface area contributed by atoms with E-state index in [1.54, 1.807) is 13.2 Å². The fourth-order valence-electron chi connectivity index (χ4n) is 2.12. The average molecular weight is 254 g/mol. The van der Waals surface area contributed by atoms with Crippen LogP contribution in [0.2, 0.25) is 0 Å². The second-order valence-corrected chi connectivity index (χ2v) is 4.81. The Balaban J connectivity index is 2.46. The molecule has 0 heterocycles. The van der Waals surface area contributed by atoms with E-state index in [0.29, 0.717) is 11.3 Å². The molecule has 0 aromatic heterocycles. The molecule has 0 spiro atoms. The van der Waals surface area contributed by atoms with Gasteiger partial charge in [-0.15, -0.1) is 0 Å². The Bertz CT molecular complexity index is 627. The number of benzene rings is 2. The van der Waals surface area contributed by atoms with E-state index < -0.39 is 0 Å². The summed E-state index contributed by atoms with van der Waals surface area (Å²) in [6.07, 6.45) is 0. The van der Waals surface area contributed by atoms with E-state index in [4.69, 9.17) is 4.74 Å². The second-order valence-electron chi connectivity index (χ2n) is 4.81. The number of ketones is 1. The molecule has 19 heavy (non-hydrogen) atoms. The monoisotopic (exact) mass is 254 g/mol. The van der Waals surface area contributed by atoms with Crippen molar-refractivity contribution in [2.75, 3.05) is 7.11 Å². The van der Waals surface area contributed by atoms with Gasteiger partial charge in [0.2, 0.25) is 0 Å². The van der Waals surface area contributed by atoms with Crippen LogP contribution in [0.15, 0.2) is 36.4 Å². The lowest BCUT2D eigenvalue weighted by molar-refractivity contribution is 0.103. The van der Waals surface area contributed by atoms with Crippen LogP contribution >= 0.6 is 0 Å². The van der Waals surface area contributed by atoms with Gasteiger partial charge in [0.25, 0.3) is 0 Å². The molecule has 2 aromatic carbocycles. The zero-order valence-electron chi connectivity index (χ0n) is 11.8. The van der Waals surface area contributed by atoms with Gasteiger partial charge in [0, 0.05) is 11.1 Å². The summed E-state index contributed by atoms with van der Waals surface area (Å²) >= 11 is 0. The summed E-state index contributed by atoms with van der Waals surface area (Å²) in [6, 6.07) is 11.3. The van der Waals surface area contributed by atoms with Crippen molar-refractivity contribution in [3.05, 3.63) is 64.2 Å². The molecule has 0 saturated heterocycles. The van der Waals surface area contributed by atoms with Crippen molar-refractivity contribution in [2.24, 2.45) is 0 Å². The SMILES string of the molecule is COc1cccc(C(=O)c2cc(C)c(C)cc2C)c1. The molecule has 0 saturated carbocycles. The fourth-order valence-corrected chi connectivity index (χ4v) is 2.12. The number of methoxy groups -OCH3 is 1. The maximum Gasteiger partial charge on any atom is 0.193 e. The third-order valence-corrected chi connectivity index (χ3v) is 3.42.